The number of rotatable bonds is 2. The highest BCUT2D eigenvalue weighted by molar-refractivity contribution is 5.78. The van der Waals surface area contributed by atoms with Gasteiger partial charge < -0.3 is 9.47 Å². The van der Waals surface area contributed by atoms with E-state index in [4.69, 9.17) is 0 Å². The molecule has 0 N–H and O–H groups in total. The zero-order valence-electron chi connectivity index (χ0n) is 8.36. The molecule has 0 aromatic carbocycles. The number of carbonyl (C=O) groups is 2. The monoisotopic (exact) mass is 198 g/mol. The summed E-state index contributed by atoms with van der Waals surface area (Å²) in [4.78, 5) is 22.4. The average Bonchev–Trinajstić information content (AvgIpc) is 2.27. The van der Waals surface area contributed by atoms with Gasteiger partial charge in [0.05, 0.1) is 26.1 Å². The average molecular weight is 198 g/mol. The van der Waals surface area contributed by atoms with E-state index < -0.39 is 0 Å². The zero-order valence-corrected chi connectivity index (χ0v) is 8.36. The second-order valence-corrected chi connectivity index (χ2v) is 3.25. The van der Waals surface area contributed by atoms with Gasteiger partial charge in [0.25, 0.3) is 0 Å². The van der Waals surface area contributed by atoms with Gasteiger partial charge in [0.15, 0.2) is 0 Å². The maximum Gasteiger partial charge on any atom is 0.312 e. The van der Waals surface area contributed by atoms with E-state index in [2.05, 4.69) is 9.47 Å². The van der Waals surface area contributed by atoms with E-state index in [1.54, 1.807) is 6.08 Å². The van der Waals surface area contributed by atoms with Gasteiger partial charge in [0.1, 0.15) is 0 Å². The molecule has 0 bridgehead atoms. The molecular formula is C10H14O4. The van der Waals surface area contributed by atoms with E-state index in [0.29, 0.717) is 12.8 Å². The van der Waals surface area contributed by atoms with Gasteiger partial charge >= 0.3 is 11.9 Å². The summed E-state index contributed by atoms with van der Waals surface area (Å²) in [6.07, 6.45) is 4.73. The van der Waals surface area contributed by atoms with Crippen molar-refractivity contribution in [3.8, 4) is 0 Å². The van der Waals surface area contributed by atoms with Crippen LogP contribution in [0.25, 0.3) is 0 Å². The molecule has 0 unspecified atom stereocenters. The van der Waals surface area contributed by atoms with Crippen LogP contribution in [0.3, 0.4) is 0 Å². The Bertz CT molecular complexity index is 257. The van der Waals surface area contributed by atoms with Gasteiger partial charge in [-0.3, -0.25) is 9.59 Å². The first-order valence-electron chi connectivity index (χ1n) is 4.51. The molecule has 0 saturated heterocycles. The van der Waals surface area contributed by atoms with Gasteiger partial charge in [-0.1, -0.05) is 12.2 Å². The summed E-state index contributed by atoms with van der Waals surface area (Å²) in [6, 6.07) is 0. The third-order valence-corrected chi connectivity index (χ3v) is 2.37. The Hall–Kier alpha value is -1.32. The third kappa shape index (κ3) is 2.34. The van der Waals surface area contributed by atoms with Crippen LogP contribution in [-0.4, -0.2) is 26.2 Å². The molecule has 14 heavy (non-hydrogen) atoms. The number of hydrogen-bond donors (Lipinski definition) is 0. The summed E-state index contributed by atoms with van der Waals surface area (Å²) in [5.74, 6) is -1.08. The molecule has 2 atom stereocenters. The van der Waals surface area contributed by atoms with Crippen LogP contribution in [0, 0.1) is 11.8 Å². The second-order valence-electron chi connectivity index (χ2n) is 3.25. The van der Waals surface area contributed by atoms with Crippen LogP contribution < -0.4 is 0 Å². The van der Waals surface area contributed by atoms with Crippen molar-refractivity contribution in [1.82, 2.24) is 0 Å². The minimum atomic E-state index is -0.308. The normalized spacial score (nSPS) is 25.6. The van der Waals surface area contributed by atoms with Crippen LogP contribution in [0.5, 0.6) is 0 Å². The summed E-state index contributed by atoms with van der Waals surface area (Å²) < 4.78 is 9.24. The fourth-order valence-electron chi connectivity index (χ4n) is 1.57. The molecule has 0 heterocycles. The molecule has 0 aromatic rings. The van der Waals surface area contributed by atoms with Crippen molar-refractivity contribution < 1.29 is 19.1 Å². The van der Waals surface area contributed by atoms with Gasteiger partial charge in [0, 0.05) is 0 Å². The van der Waals surface area contributed by atoms with Crippen molar-refractivity contribution in [1.29, 1.82) is 0 Å². The zero-order chi connectivity index (χ0) is 10.6. The number of methoxy groups -OCH3 is 2. The summed E-state index contributed by atoms with van der Waals surface area (Å²) >= 11 is 0. The van der Waals surface area contributed by atoms with Gasteiger partial charge in [-0.25, -0.2) is 0 Å². The topological polar surface area (TPSA) is 52.6 Å². The Labute approximate surface area is 82.9 Å². The summed E-state index contributed by atoms with van der Waals surface area (Å²) in [5, 5.41) is 0. The number of hydrogen-bond acceptors (Lipinski definition) is 4. The molecule has 0 radical (unpaired) electrons. The van der Waals surface area contributed by atoms with Gasteiger partial charge in [-0.2, -0.15) is 0 Å². The maximum absolute atomic E-state index is 11.2. The molecule has 0 fully saturated rings. The minimum Gasteiger partial charge on any atom is -0.469 e. The summed E-state index contributed by atoms with van der Waals surface area (Å²) in [6.45, 7) is 0. The Balaban J connectivity index is 2.60. The van der Waals surface area contributed by atoms with Crippen LogP contribution in [-0.2, 0) is 19.1 Å². The highest BCUT2D eigenvalue weighted by Crippen LogP contribution is 2.25. The van der Waals surface area contributed by atoms with Crippen LogP contribution in [0.1, 0.15) is 12.8 Å². The number of carbonyl (C=O) groups excluding carboxylic acids is 2. The van der Waals surface area contributed by atoms with Gasteiger partial charge in [-0.05, 0) is 12.8 Å². The van der Waals surface area contributed by atoms with E-state index in [9.17, 15) is 9.59 Å². The van der Waals surface area contributed by atoms with Crippen molar-refractivity contribution >= 4 is 11.9 Å². The molecule has 1 aliphatic carbocycles. The van der Waals surface area contributed by atoms with Crippen molar-refractivity contribution in [2.24, 2.45) is 11.8 Å². The van der Waals surface area contributed by atoms with Crippen LogP contribution >= 0.6 is 0 Å². The lowest BCUT2D eigenvalue weighted by Gasteiger charge is -2.20. The second kappa shape index (κ2) is 4.79. The maximum atomic E-state index is 11.2. The van der Waals surface area contributed by atoms with Crippen LogP contribution in [0.2, 0.25) is 0 Å². The molecule has 0 aliphatic heterocycles. The Morgan fingerprint density at radius 3 is 2.43 bits per heavy atom. The van der Waals surface area contributed by atoms with Crippen molar-refractivity contribution in [2.75, 3.05) is 14.2 Å². The first kappa shape index (κ1) is 10.8. The lowest BCUT2D eigenvalue weighted by atomic mass is 9.87. The highest BCUT2D eigenvalue weighted by atomic mass is 16.5. The van der Waals surface area contributed by atoms with Crippen molar-refractivity contribution in [2.45, 2.75) is 12.8 Å². The third-order valence-electron chi connectivity index (χ3n) is 2.37. The van der Waals surface area contributed by atoms with E-state index in [0.717, 1.165) is 0 Å². The largest absolute Gasteiger partial charge is 0.469 e. The van der Waals surface area contributed by atoms with Crippen LogP contribution in [0.15, 0.2) is 12.2 Å². The Morgan fingerprint density at radius 2 is 1.86 bits per heavy atom. The fraction of sp³-hybridized carbons (Fsp3) is 0.600. The van der Waals surface area contributed by atoms with Crippen LogP contribution in [0.4, 0.5) is 0 Å². The number of esters is 2. The summed E-state index contributed by atoms with van der Waals surface area (Å²) in [7, 11) is 2.70. The standard InChI is InChI=1S/C10H14O4/c1-13-9(11)7-4-3-5-8(6-7)10(12)14-2/h3-4,7-8H,5-6H2,1-2H3/t7-,8+/m0/s1. The van der Waals surface area contributed by atoms with E-state index in [-0.39, 0.29) is 23.8 Å². The smallest absolute Gasteiger partial charge is 0.312 e. The quantitative estimate of drug-likeness (QED) is 0.489. The molecule has 0 amide bonds. The van der Waals surface area contributed by atoms with Gasteiger partial charge in [0.2, 0.25) is 0 Å². The minimum absolute atomic E-state index is 0.214. The van der Waals surface area contributed by atoms with E-state index in [1.165, 1.54) is 14.2 Å². The first-order chi connectivity index (χ1) is 6.69. The Kier molecular flexibility index (Phi) is 3.68. The number of ether oxygens (including phenoxy) is 2. The SMILES string of the molecule is COC(=O)[C@@H]1CC=C[C@H](C(=O)OC)C1. The molecule has 0 spiro atoms. The van der Waals surface area contributed by atoms with E-state index >= 15 is 0 Å². The predicted octanol–water partition coefficient (Wildman–Crippen LogP) is 0.915. The lowest BCUT2D eigenvalue weighted by molar-refractivity contribution is -0.148. The molecule has 0 saturated carbocycles. The molecule has 0 aromatic heterocycles. The molecule has 4 heteroatoms. The van der Waals surface area contributed by atoms with Crippen molar-refractivity contribution in [3.05, 3.63) is 12.2 Å². The first-order valence-corrected chi connectivity index (χ1v) is 4.51. The Morgan fingerprint density at radius 1 is 1.21 bits per heavy atom. The molecule has 4 nitrogen and oxygen atoms in total. The molecule has 78 valence electrons. The molecular weight excluding hydrogens is 184 g/mol. The van der Waals surface area contributed by atoms with E-state index in [1.807, 2.05) is 6.08 Å². The lowest BCUT2D eigenvalue weighted by Crippen LogP contribution is -2.26. The summed E-state index contributed by atoms with van der Waals surface area (Å²) in [5.41, 5.74) is 0. The number of allylic oxidation sites excluding steroid dienone is 1. The fourth-order valence-corrected chi connectivity index (χ4v) is 1.57. The highest BCUT2D eigenvalue weighted by Gasteiger charge is 2.28. The van der Waals surface area contributed by atoms with Crippen molar-refractivity contribution in [3.63, 3.8) is 0 Å². The molecule has 1 aliphatic rings. The molecule has 1 rings (SSSR count). The predicted molar refractivity (Wildman–Crippen MR) is 49.4 cm³/mol. The van der Waals surface area contributed by atoms with Gasteiger partial charge in [-0.15, -0.1) is 0 Å².